The van der Waals surface area contributed by atoms with Crippen LogP contribution in [0.1, 0.15) is 23.7 Å². The molecule has 3 rings (SSSR count). The smallest absolute Gasteiger partial charge is 0.311 e. The van der Waals surface area contributed by atoms with Crippen molar-refractivity contribution in [2.45, 2.75) is 19.9 Å². The molecule has 1 heterocycles. The molecular formula is C22H23N3O4. The number of hydrogen-bond donors (Lipinski definition) is 1. The molecular weight excluding hydrogens is 370 g/mol. The van der Waals surface area contributed by atoms with Gasteiger partial charge in [-0.3, -0.25) is 19.7 Å². The SMILES string of the molecule is COC(=O)Cc1[nH]n(-c2ccccc2)c(=O)c1C(C)=NCc1cccc(OC)c1. The second-order valence-electron chi connectivity index (χ2n) is 6.45. The summed E-state index contributed by atoms with van der Waals surface area (Å²) in [6.07, 6.45) is -0.0487. The van der Waals surface area contributed by atoms with Crippen LogP contribution in [0.15, 0.2) is 64.4 Å². The van der Waals surface area contributed by atoms with Crippen molar-refractivity contribution in [2.75, 3.05) is 14.2 Å². The van der Waals surface area contributed by atoms with Gasteiger partial charge in [-0.1, -0.05) is 30.3 Å². The number of rotatable bonds is 7. The number of ether oxygens (including phenoxy) is 2. The molecule has 0 saturated carbocycles. The summed E-state index contributed by atoms with van der Waals surface area (Å²) in [7, 11) is 2.93. The first-order valence-corrected chi connectivity index (χ1v) is 9.14. The molecule has 0 amide bonds. The van der Waals surface area contributed by atoms with Crippen LogP contribution in [0.3, 0.4) is 0 Å². The van der Waals surface area contributed by atoms with E-state index in [0.29, 0.717) is 29.2 Å². The summed E-state index contributed by atoms with van der Waals surface area (Å²) in [6, 6.07) is 16.8. The van der Waals surface area contributed by atoms with Crippen LogP contribution in [0.25, 0.3) is 5.69 Å². The molecule has 2 aromatic carbocycles. The predicted octanol–water partition coefficient (Wildman–Crippen LogP) is 2.90. The van der Waals surface area contributed by atoms with E-state index in [1.54, 1.807) is 14.0 Å². The molecule has 0 saturated heterocycles. The summed E-state index contributed by atoms with van der Waals surface area (Å²) in [6.45, 7) is 2.15. The lowest BCUT2D eigenvalue weighted by molar-refractivity contribution is -0.139. The van der Waals surface area contributed by atoms with Crippen LogP contribution in [0, 0.1) is 0 Å². The molecule has 29 heavy (non-hydrogen) atoms. The number of esters is 1. The highest BCUT2D eigenvalue weighted by atomic mass is 16.5. The van der Waals surface area contributed by atoms with Crippen molar-refractivity contribution < 1.29 is 14.3 Å². The lowest BCUT2D eigenvalue weighted by Crippen LogP contribution is -2.20. The van der Waals surface area contributed by atoms with Gasteiger partial charge in [-0.05, 0) is 36.8 Å². The summed E-state index contributed by atoms with van der Waals surface area (Å²) in [5.41, 5.74) is 2.76. The highest BCUT2D eigenvalue weighted by Crippen LogP contribution is 2.15. The van der Waals surface area contributed by atoms with E-state index < -0.39 is 5.97 Å². The van der Waals surface area contributed by atoms with Gasteiger partial charge in [-0.2, -0.15) is 0 Å². The Hall–Kier alpha value is -3.61. The van der Waals surface area contributed by atoms with Crippen LogP contribution in [0.2, 0.25) is 0 Å². The number of nitrogens with zero attached hydrogens (tertiary/aromatic N) is 2. The number of benzene rings is 2. The Balaban J connectivity index is 2.00. The fraction of sp³-hybridized carbons (Fsp3) is 0.227. The van der Waals surface area contributed by atoms with Crippen LogP contribution in [-0.4, -0.2) is 35.7 Å². The molecule has 0 unspecified atom stereocenters. The number of aromatic nitrogens is 2. The number of hydrogen-bond acceptors (Lipinski definition) is 5. The summed E-state index contributed by atoms with van der Waals surface area (Å²) in [4.78, 5) is 29.5. The first kappa shape index (κ1) is 20.1. The summed E-state index contributed by atoms with van der Waals surface area (Å²) in [5, 5.41) is 3.03. The minimum absolute atomic E-state index is 0.0487. The van der Waals surface area contributed by atoms with Crippen molar-refractivity contribution in [3.05, 3.63) is 81.8 Å². The van der Waals surface area contributed by atoms with Crippen LogP contribution >= 0.6 is 0 Å². The minimum Gasteiger partial charge on any atom is -0.497 e. The zero-order chi connectivity index (χ0) is 20.8. The van der Waals surface area contributed by atoms with E-state index in [1.165, 1.54) is 11.8 Å². The van der Waals surface area contributed by atoms with Gasteiger partial charge in [0, 0.05) is 5.71 Å². The molecule has 0 radical (unpaired) electrons. The van der Waals surface area contributed by atoms with E-state index in [2.05, 4.69) is 10.1 Å². The minimum atomic E-state index is -0.437. The first-order chi connectivity index (χ1) is 14.0. The lowest BCUT2D eigenvalue weighted by Gasteiger charge is -2.04. The van der Waals surface area contributed by atoms with Crippen molar-refractivity contribution in [1.82, 2.24) is 9.78 Å². The fourth-order valence-corrected chi connectivity index (χ4v) is 3.02. The molecule has 1 aromatic heterocycles. The summed E-state index contributed by atoms with van der Waals surface area (Å²) in [5.74, 6) is 0.308. The standard InChI is InChI=1S/C22H23N3O4/c1-15(23-14-16-8-7-11-18(12-16)28-2)21-19(13-20(26)29-3)24-25(22(21)27)17-9-5-4-6-10-17/h4-12,24H,13-14H2,1-3H3. The van der Waals surface area contributed by atoms with E-state index in [-0.39, 0.29) is 12.0 Å². The Bertz CT molecular complexity index is 1080. The van der Waals surface area contributed by atoms with Crippen molar-refractivity contribution in [3.8, 4) is 11.4 Å². The maximum absolute atomic E-state index is 13.1. The summed E-state index contributed by atoms with van der Waals surface area (Å²) < 4.78 is 11.4. The number of carbonyl (C=O) groups excluding carboxylic acids is 1. The number of H-pyrrole nitrogens is 1. The molecule has 3 aromatic rings. The number of nitrogens with one attached hydrogen (secondary N) is 1. The van der Waals surface area contributed by atoms with Gasteiger partial charge >= 0.3 is 5.97 Å². The number of carbonyl (C=O) groups is 1. The van der Waals surface area contributed by atoms with E-state index in [9.17, 15) is 9.59 Å². The second kappa shape index (κ2) is 9.05. The molecule has 7 nitrogen and oxygen atoms in total. The third kappa shape index (κ3) is 4.63. The third-order valence-electron chi connectivity index (χ3n) is 4.52. The molecule has 0 atom stereocenters. The van der Waals surface area contributed by atoms with Crippen LogP contribution in [-0.2, 0) is 22.5 Å². The molecule has 1 N–H and O–H groups in total. The fourth-order valence-electron chi connectivity index (χ4n) is 3.02. The zero-order valence-electron chi connectivity index (χ0n) is 16.6. The topological polar surface area (TPSA) is 85.7 Å². The number of methoxy groups -OCH3 is 2. The third-order valence-corrected chi connectivity index (χ3v) is 4.52. The normalized spacial score (nSPS) is 11.3. The van der Waals surface area contributed by atoms with Gasteiger partial charge in [0.15, 0.2) is 0 Å². The van der Waals surface area contributed by atoms with Crippen LogP contribution in [0.5, 0.6) is 5.75 Å². The van der Waals surface area contributed by atoms with Crippen molar-refractivity contribution in [1.29, 1.82) is 0 Å². The number of para-hydroxylation sites is 1. The maximum Gasteiger partial charge on any atom is 0.311 e. The zero-order valence-corrected chi connectivity index (χ0v) is 16.6. The van der Waals surface area contributed by atoms with Crippen LogP contribution < -0.4 is 10.3 Å². The van der Waals surface area contributed by atoms with E-state index in [4.69, 9.17) is 9.47 Å². The van der Waals surface area contributed by atoms with E-state index in [0.717, 1.165) is 11.3 Å². The monoisotopic (exact) mass is 393 g/mol. The first-order valence-electron chi connectivity index (χ1n) is 9.14. The lowest BCUT2D eigenvalue weighted by atomic mass is 10.1. The Kier molecular flexibility index (Phi) is 6.29. The van der Waals surface area contributed by atoms with E-state index in [1.807, 2.05) is 54.6 Å². The van der Waals surface area contributed by atoms with Gasteiger partial charge in [0.25, 0.3) is 5.56 Å². The second-order valence-corrected chi connectivity index (χ2v) is 6.45. The maximum atomic E-state index is 13.1. The van der Waals surface area contributed by atoms with Gasteiger partial charge in [0.05, 0.1) is 44.1 Å². The Morgan fingerprint density at radius 1 is 1.10 bits per heavy atom. The van der Waals surface area contributed by atoms with Gasteiger partial charge in [-0.25, -0.2) is 4.68 Å². The highest BCUT2D eigenvalue weighted by molar-refractivity contribution is 6.00. The Morgan fingerprint density at radius 3 is 2.55 bits per heavy atom. The molecule has 0 aliphatic heterocycles. The largest absolute Gasteiger partial charge is 0.497 e. The quantitative estimate of drug-likeness (QED) is 0.494. The molecule has 7 heteroatoms. The molecule has 0 aliphatic rings. The van der Waals surface area contributed by atoms with Gasteiger partial charge in [-0.15, -0.1) is 0 Å². The van der Waals surface area contributed by atoms with Crippen molar-refractivity contribution >= 4 is 11.7 Å². The van der Waals surface area contributed by atoms with Crippen LogP contribution in [0.4, 0.5) is 0 Å². The van der Waals surface area contributed by atoms with Gasteiger partial charge in [0.1, 0.15) is 5.75 Å². The molecule has 150 valence electrons. The van der Waals surface area contributed by atoms with Gasteiger partial charge < -0.3 is 9.47 Å². The molecule has 0 fully saturated rings. The average Bonchev–Trinajstić information content (AvgIpc) is 3.08. The van der Waals surface area contributed by atoms with Gasteiger partial charge in [0.2, 0.25) is 0 Å². The van der Waals surface area contributed by atoms with Crippen molar-refractivity contribution in [2.24, 2.45) is 4.99 Å². The molecule has 0 aliphatic carbocycles. The number of aliphatic imine (C=N–C) groups is 1. The Labute approximate surface area is 168 Å². The van der Waals surface area contributed by atoms with Crippen molar-refractivity contribution in [3.63, 3.8) is 0 Å². The number of aromatic amines is 1. The molecule has 0 bridgehead atoms. The van der Waals surface area contributed by atoms with E-state index >= 15 is 0 Å². The predicted molar refractivity (Wildman–Crippen MR) is 111 cm³/mol. The summed E-state index contributed by atoms with van der Waals surface area (Å²) >= 11 is 0. The average molecular weight is 393 g/mol. The highest BCUT2D eigenvalue weighted by Gasteiger charge is 2.20. The molecule has 0 spiro atoms. The Morgan fingerprint density at radius 2 is 1.86 bits per heavy atom.